The molecular weight excluding hydrogens is 274 g/mol. The van der Waals surface area contributed by atoms with E-state index in [1.807, 2.05) is 13.0 Å². The van der Waals surface area contributed by atoms with Gasteiger partial charge in [0, 0.05) is 31.3 Å². The van der Waals surface area contributed by atoms with Crippen molar-refractivity contribution in [2.24, 2.45) is 0 Å². The summed E-state index contributed by atoms with van der Waals surface area (Å²) in [5.74, 6) is -0.351. The van der Waals surface area contributed by atoms with Gasteiger partial charge in [-0.05, 0) is 18.9 Å². The molecule has 1 aromatic rings. The zero-order valence-electron chi connectivity index (χ0n) is 12.1. The number of carboxylic acids is 1. The molecule has 116 valence electrons. The normalized spacial score (nSPS) is 9.95. The number of nitrogens with one attached hydrogen (secondary N) is 2. The fourth-order valence-electron chi connectivity index (χ4n) is 1.57. The molecule has 2 amide bonds. The lowest BCUT2D eigenvalue weighted by Crippen LogP contribution is -2.35. The van der Waals surface area contributed by atoms with Crippen molar-refractivity contribution in [3.63, 3.8) is 0 Å². The van der Waals surface area contributed by atoms with E-state index in [1.165, 1.54) is 0 Å². The Balaban J connectivity index is 2.33. The highest BCUT2D eigenvalue weighted by molar-refractivity contribution is 5.74. The molecular formula is C14H21N3O4. The van der Waals surface area contributed by atoms with Gasteiger partial charge >= 0.3 is 12.0 Å². The number of carbonyl (C=O) groups is 2. The van der Waals surface area contributed by atoms with Gasteiger partial charge in [-0.1, -0.05) is 13.0 Å². The Hall–Kier alpha value is -2.31. The first-order valence-electron chi connectivity index (χ1n) is 6.93. The fourth-order valence-corrected chi connectivity index (χ4v) is 1.57. The monoisotopic (exact) mass is 295 g/mol. The second-order valence-electron chi connectivity index (χ2n) is 4.42. The number of carbonyl (C=O) groups excluding carboxylic acids is 1. The smallest absolute Gasteiger partial charge is 0.315 e. The fraction of sp³-hybridized carbons (Fsp3) is 0.500. The Kier molecular flexibility index (Phi) is 7.63. The number of ether oxygens (including phenoxy) is 1. The van der Waals surface area contributed by atoms with Gasteiger partial charge in [-0.25, -0.2) is 9.78 Å². The van der Waals surface area contributed by atoms with Gasteiger partial charge < -0.3 is 20.5 Å². The van der Waals surface area contributed by atoms with E-state index in [4.69, 9.17) is 9.84 Å². The number of hydrogen-bond acceptors (Lipinski definition) is 4. The van der Waals surface area contributed by atoms with Crippen LogP contribution in [0.4, 0.5) is 4.79 Å². The van der Waals surface area contributed by atoms with E-state index in [0.29, 0.717) is 32.0 Å². The Bertz CT molecular complexity index is 465. The molecule has 0 spiro atoms. The van der Waals surface area contributed by atoms with E-state index >= 15 is 0 Å². The van der Waals surface area contributed by atoms with Crippen molar-refractivity contribution < 1.29 is 19.4 Å². The van der Waals surface area contributed by atoms with E-state index in [2.05, 4.69) is 15.6 Å². The number of carboxylic acid groups (broad SMARTS) is 1. The summed E-state index contributed by atoms with van der Waals surface area (Å²) < 4.78 is 5.50. The van der Waals surface area contributed by atoms with Crippen LogP contribution < -0.4 is 15.4 Å². The number of rotatable bonds is 9. The predicted octanol–water partition coefficient (Wildman–Crippen LogP) is 1.53. The largest absolute Gasteiger partial charge is 0.481 e. The minimum absolute atomic E-state index is 0.0396. The highest BCUT2D eigenvalue weighted by atomic mass is 16.5. The SMILES string of the molecule is CCCOc1ncccc1CNC(=O)NCCCC(=O)O. The van der Waals surface area contributed by atoms with Crippen LogP contribution in [0.15, 0.2) is 18.3 Å². The number of pyridine rings is 1. The average molecular weight is 295 g/mol. The summed E-state index contributed by atoms with van der Waals surface area (Å²) in [6.07, 6.45) is 2.96. The molecule has 0 radical (unpaired) electrons. The molecule has 0 aromatic carbocycles. The van der Waals surface area contributed by atoms with E-state index in [0.717, 1.165) is 12.0 Å². The van der Waals surface area contributed by atoms with Crippen LogP contribution in [0, 0.1) is 0 Å². The van der Waals surface area contributed by atoms with Crippen LogP contribution in [-0.4, -0.2) is 35.2 Å². The van der Waals surface area contributed by atoms with Crippen LogP contribution in [0.1, 0.15) is 31.7 Å². The molecule has 0 saturated carbocycles. The van der Waals surface area contributed by atoms with Crippen LogP contribution in [-0.2, 0) is 11.3 Å². The maximum absolute atomic E-state index is 11.6. The van der Waals surface area contributed by atoms with Gasteiger partial charge in [0.15, 0.2) is 0 Å². The molecule has 3 N–H and O–H groups in total. The van der Waals surface area contributed by atoms with Gasteiger partial charge in [-0.2, -0.15) is 0 Å². The molecule has 1 heterocycles. The molecule has 21 heavy (non-hydrogen) atoms. The van der Waals surface area contributed by atoms with E-state index in [1.54, 1.807) is 12.3 Å². The molecule has 0 atom stereocenters. The van der Waals surface area contributed by atoms with E-state index in [9.17, 15) is 9.59 Å². The lowest BCUT2D eigenvalue weighted by atomic mass is 10.2. The summed E-state index contributed by atoms with van der Waals surface area (Å²) in [7, 11) is 0. The van der Waals surface area contributed by atoms with Crippen LogP contribution >= 0.6 is 0 Å². The van der Waals surface area contributed by atoms with E-state index < -0.39 is 5.97 Å². The summed E-state index contributed by atoms with van der Waals surface area (Å²) in [4.78, 5) is 26.0. The zero-order chi connectivity index (χ0) is 15.5. The highest BCUT2D eigenvalue weighted by Crippen LogP contribution is 2.13. The second-order valence-corrected chi connectivity index (χ2v) is 4.42. The van der Waals surface area contributed by atoms with Gasteiger partial charge in [-0.15, -0.1) is 0 Å². The average Bonchev–Trinajstić information content (AvgIpc) is 2.48. The number of nitrogens with zero attached hydrogens (tertiary/aromatic N) is 1. The molecule has 0 aliphatic heterocycles. The first kappa shape index (κ1) is 16.7. The molecule has 7 nitrogen and oxygen atoms in total. The Morgan fingerprint density at radius 1 is 1.38 bits per heavy atom. The molecule has 1 aromatic heterocycles. The summed E-state index contributed by atoms with van der Waals surface area (Å²) in [6, 6.07) is 3.27. The maximum atomic E-state index is 11.6. The zero-order valence-corrected chi connectivity index (χ0v) is 12.1. The standard InChI is InChI=1S/C14H21N3O4/c1-2-9-21-13-11(5-3-7-15-13)10-17-14(20)16-8-4-6-12(18)19/h3,5,7H,2,4,6,8-10H2,1H3,(H,18,19)(H2,16,17,20). The molecule has 0 bridgehead atoms. The number of hydrogen-bond donors (Lipinski definition) is 3. The molecule has 7 heteroatoms. The maximum Gasteiger partial charge on any atom is 0.315 e. The Morgan fingerprint density at radius 2 is 2.19 bits per heavy atom. The predicted molar refractivity (Wildman–Crippen MR) is 77.1 cm³/mol. The van der Waals surface area contributed by atoms with Crippen LogP contribution in [0.5, 0.6) is 5.88 Å². The summed E-state index contributed by atoms with van der Waals surface area (Å²) in [5, 5.41) is 13.8. The van der Waals surface area contributed by atoms with Gasteiger partial charge in [-0.3, -0.25) is 4.79 Å². The van der Waals surface area contributed by atoms with Crippen molar-refractivity contribution in [2.75, 3.05) is 13.2 Å². The Morgan fingerprint density at radius 3 is 2.90 bits per heavy atom. The minimum atomic E-state index is -0.870. The first-order chi connectivity index (χ1) is 10.1. The van der Waals surface area contributed by atoms with Gasteiger partial charge in [0.1, 0.15) is 0 Å². The van der Waals surface area contributed by atoms with Gasteiger partial charge in [0.25, 0.3) is 0 Å². The Labute approximate surface area is 123 Å². The van der Waals surface area contributed by atoms with Crippen molar-refractivity contribution in [3.05, 3.63) is 23.9 Å². The molecule has 1 rings (SSSR count). The van der Waals surface area contributed by atoms with E-state index in [-0.39, 0.29) is 12.5 Å². The number of aliphatic carboxylic acids is 1. The van der Waals surface area contributed by atoms with Gasteiger partial charge in [0.05, 0.1) is 6.61 Å². The summed E-state index contributed by atoms with van der Waals surface area (Å²) >= 11 is 0. The molecule has 0 saturated heterocycles. The highest BCUT2D eigenvalue weighted by Gasteiger charge is 2.06. The molecule has 0 aliphatic carbocycles. The molecule has 0 unspecified atom stereocenters. The number of amides is 2. The second kappa shape index (κ2) is 9.57. The van der Waals surface area contributed by atoms with Crippen molar-refractivity contribution in [2.45, 2.75) is 32.7 Å². The van der Waals surface area contributed by atoms with Crippen molar-refractivity contribution in [1.82, 2.24) is 15.6 Å². The third kappa shape index (κ3) is 7.14. The van der Waals surface area contributed by atoms with Crippen LogP contribution in [0.2, 0.25) is 0 Å². The van der Waals surface area contributed by atoms with Crippen LogP contribution in [0.3, 0.4) is 0 Å². The van der Waals surface area contributed by atoms with Crippen LogP contribution in [0.25, 0.3) is 0 Å². The lowest BCUT2D eigenvalue weighted by Gasteiger charge is -2.11. The van der Waals surface area contributed by atoms with Gasteiger partial charge in [0.2, 0.25) is 5.88 Å². The minimum Gasteiger partial charge on any atom is -0.481 e. The topological polar surface area (TPSA) is 101 Å². The number of aromatic nitrogens is 1. The summed E-state index contributed by atoms with van der Waals surface area (Å²) in [5.41, 5.74) is 0.798. The van der Waals surface area contributed by atoms with Crippen molar-refractivity contribution in [3.8, 4) is 5.88 Å². The third-order valence-electron chi connectivity index (χ3n) is 2.59. The lowest BCUT2D eigenvalue weighted by molar-refractivity contribution is -0.137. The molecule has 0 fully saturated rings. The molecule has 0 aliphatic rings. The quantitative estimate of drug-likeness (QED) is 0.600. The first-order valence-corrected chi connectivity index (χ1v) is 6.93. The van der Waals surface area contributed by atoms with Crippen molar-refractivity contribution >= 4 is 12.0 Å². The summed E-state index contributed by atoms with van der Waals surface area (Å²) in [6.45, 7) is 3.21. The third-order valence-corrected chi connectivity index (χ3v) is 2.59. The van der Waals surface area contributed by atoms with Crippen molar-refractivity contribution in [1.29, 1.82) is 0 Å². The number of urea groups is 1.